The maximum Gasteiger partial charge on any atom is 0.246 e. The molecule has 26 heavy (non-hydrogen) atoms. The van der Waals surface area contributed by atoms with E-state index in [9.17, 15) is 9.59 Å². The van der Waals surface area contributed by atoms with Crippen LogP contribution in [0, 0.1) is 0 Å². The molecule has 2 rings (SSSR count). The first kappa shape index (κ1) is 22.3. The lowest BCUT2D eigenvalue weighted by molar-refractivity contribution is -0.126. The predicted molar refractivity (Wildman–Crippen MR) is 109 cm³/mol. The van der Waals surface area contributed by atoms with Gasteiger partial charge < -0.3 is 20.9 Å². The number of rotatable bonds is 9. The smallest absolute Gasteiger partial charge is 0.246 e. The number of hydrogen-bond donors (Lipinski definition) is 3. The van der Waals surface area contributed by atoms with Gasteiger partial charge in [-0.3, -0.25) is 9.59 Å². The molecule has 2 amide bonds. The Balaban J connectivity index is 0.00000338. The molecule has 0 bridgehead atoms. The van der Waals surface area contributed by atoms with E-state index in [-0.39, 0.29) is 30.8 Å². The number of carbonyl (C=O) groups excluding carboxylic acids is 2. The van der Waals surface area contributed by atoms with Crippen LogP contribution in [0.1, 0.15) is 39.0 Å². The number of nitrogens with zero attached hydrogens (tertiary/aromatic N) is 1. The van der Waals surface area contributed by atoms with Crippen molar-refractivity contribution in [2.75, 3.05) is 36.9 Å². The summed E-state index contributed by atoms with van der Waals surface area (Å²) < 4.78 is 0. The topological polar surface area (TPSA) is 73.5 Å². The number of likely N-dealkylation sites (N-methyl/N-ethyl adjacent to an activating group) is 1. The van der Waals surface area contributed by atoms with Crippen molar-refractivity contribution < 1.29 is 9.59 Å². The van der Waals surface area contributed by atoms with Crippen LogP contribution in [0.25, 0.3) is 0 Å². The zero-order chi connectivity index (χ0) is 18.1. The Kier molecular flexibility index (Phi) is 10.1. The number of nitrogens with one attached hydrogen (secondary N) is 3. The van der Waals surface area contributed by atoms with Crippen molar-refractivity contribution in [3.63, 3.8) is 0 Å². The number of anilines is 2. The number of halogens is 1. The van der Waals surface area contributed by atoms with Crippen LogP contribution in [0.15, 0.2) is 24.3 Å². The quantitative estimate of drug-likeness (QED) is 0.613. The number of amides is 2. The van der Waals surface area contributed by atoms with Crippen LogP contribution in [0.5, 0.6) is 0 Å². The minimum absolute atomic E-state index is 0. The highest BCUT2D eigenvalue weighted by molar-refractivity contribution is 5.97. The van der Waals surface area contributed by atoms with Crippen LogP contribution >= 0.6 is 12.4 Å². The van der Waals surface area contributed by atoms with E-state index in [2.05, 4.69) is 33.8 Å². The molecule has 1 aliphatic heterocycles. The molecule has 0 saturated carbocycles. The van der Waals surface area contributed by atoms with Crippen LogP contribution in [0.2, 0.25) is 0 Å². The lowest BCUT2D eigenvalue weighted by atomic mass is 10.1. The number of unbranched alkanes of at least 4 members (excludes halogenated alkanes) is 1. The van der Waals surface area contributed by atoms with E-state index in [1.54, 1.807) is 7.05 Å². The minimum atomic E-state index is -0.503. The summed E-state index contributed by atoms with van der Waals surface area (Å²) in [7, 11) is 1.71. The summed E-state index contributed by atoms with van der Waals surface area (Å²) in [4.78, 5) is 26.8. The molecule has 6 nitrogen and oxygen atoms in total. The lowest BCUT2D eigenvalue weighted by Crippen LogP contribution is -2.46. The molecule has 1 aromatic rings. The van der Waals surface area contributed by atoms with Gasteiger partial charge in [0, 0.05) is 24.5 Å². The zero-order valence-corrected chi connectivity index (χ0v) is 16.5. The number of carbonyl (C=O) groups is 2. The maximum absolute atomic E-state index is 12.6. The largest absolute Gasteiger partial charge is 0.371 e. The third-order valence-corrected chi connectivity index (χ3v) is 4.42. The monoisotopic (exact) mass is 382 g/mol. The summed E-state index contributed by atoms with van der Waals surface area (Å²) in [6.07, 6.45) is 4.95. The highest BCUT2D eigenvalue weighted by Gasteiger charge is 2.20. The van der Waals surface area contributed by atoms with Gasteiger partial charge in [-0.15, -0.1) is 12.4 Å². The molecule has 1 aromatic carbocycles. The molecule has 0 aliphatic carbocycles. The summed E-state index contributed by atoms with van der Waals surface area (Å²) in [5.41, 5.74) is 1.92. The first-order valence-electron chi connectivity index (χ1n) is 9.24. The van der Waals surface area contributed by atoms with Gasteiger partial charge in [0.25, 0.3) is 0 Å². The number of benzene rings is 1. The maximum atomic E-state index is 12.6. The highest BCUT2D eigenvalue weighted by Crippen LogP contribution is 2.23. The molecule has 1 unspecified atom stereocenters. The Morgan fingerprint density at radius 3 is 2.62 bits per heavy atom. The molecule has 1 atom stereocenters. The van der Waals surface area contributed by atoms with Crippen LogP contribution in [0.4, 0.5) is 11.4 Å². The second-order valence-corrected chi connectivity index (χ2v) is 6.53. The second-order valence-electron chi connectivity index (χ2n) is 6.53. The molecule has 1 heterocycles. The average Bonchev–Trinajstić information content (AvgIpc) is 3.13. The fourth-order valence-electron chi connectivity index (χ4n) is 3.07. The van der Waals surface area contributed by atoms with Gasteiger partial charge in [0.15, 0.2) is 0 Å². The molecule has 1 fully saturated rings. The number of hydrogen-bond acceptors (Lipinski definition) is 4. The van der Waals surface area contributed by atoms with Crippen LogP contribution in [0.3, 0.4) is 0 Å². The minimum Gasteiger partial charge on any atom is -0.371 e. The fourth-order valence-corrected chi connectivity index (χ4v) is 3.07. The van der Waals surface area contributed by atoms with Crippen molar-refractivity contribution >= 4 is 35.6 Å². The van der Waals surface area contributed by atoms with Crippen molar-refractivity contribution in [3.05, 3.63) is 24.3 Å². The van der Waals surface area contributed by atoms with Crippen molar-refractivity contribution in [2.45, 2.75) is 45.1 Å². The molecule has 146 valence electrons. The van der Waals surface area contributed by atoms with Crippen molar-refractivity contribution in [1.29, 1.82) is 0 Å². The Bertz CT molecular complexity index is 576. The van der Waals surface area contributed by atoms with Gasteiger partial charge in [-0.05, 0) is 44.5 Å². The molecule has 1 aliphatic rings. The summed E-state index contributed by atoms with van der Waals surface area (Å²) in [5, 5.41) is 8.59. The van der Waals surface area contributed by atoms with E-state index in [1.807, 2.05) is 18.2 Å². The summed E-state index contributed by atoms with van der Waals surface area (Å²) in [6, 6.07) is 7.43. The predicted octanol–water partition coefficient (Wildman–Crippen LogP) is 2.54. The van der Waals surface area contributed by atoms with Gasteiger partial charge in [0.05, 0.1) is 6.54 Å². The summed E-state index contributed by atoms with van der Waals surface area (Å²) >= 11 is 0. The van der Waals surface area contributed by atoms with Crippen LogP contribution < -0.4 is 20.9 Å². The summed E-state index contributed by atoms with van der Waals surface area (Å²) in [6.45, 7) is 4.41. The zero-order valence-electron chi connectivity index (χ0n) is 15.7. The van der Waals surface area contributed by atoms with Gasteiger partial charge in [0.1, 0.15) is 6.04 Å². The summed E-state index contributed by atoms with van der Waals surface area (Å²) in [5.74, 6) is -0.318. The Labute approximate surface area is 162 Å². The lowest BCUT2D eigenvalue weighted by Gasteiger charge is -2.20. The van der Waals surface area contributed by atoms with Gasteiger partial charge in [-0.25, -0.2) is 0 Å². The molecule has 0 aromatic heterocycles. The van der Waals surface area contributed by atoms with Crippen LogP contribution in [-0.2, 0) is 9.59 Å². The molecular formula is C19H31ClN4O2. The van der Waals surface area contributed by atoms with E-state index in [1.165, 1.54) is 12.8 Å². The highest BCUT2D eigenvalue weighted by atomic mass is 35.5. The van der Waals surface area contributed by atoms with Gasteiger partial charge in [-0.2, -0.15) is 0 Å². The van der Waals surface area contributed by atoms with E-state index in [0.29, 0.717) is 6.42 Å². The second kappa shape index (κ2) is 11.8. The molecule has 3 N–H and O–H groups in total. The Morgan fingerprint density at radius 2 is 1.96 bits per heavy atom. The van der Waals surface area contributed by atoms with E-state index >= 15 is 0 Å². The third kappa shape index (κ3) is 6.84. The average molecular weight is 383 g/mol. The van der Waals surface area contributed by atoms with E-state index < -0.39 is 6.04 Å². The van der Waals surface area contributed by atoms with E-state index in [0.717, 1.165) is 37.3 Å². The Hall–Kier alpha value is -1.79. The normalized spacial score (nSPS) is 14.5. The molecule has 0 radical (unpaired) electrons. The third-order valence-electron chi connectivity index (χ3n) is 4.42. The molecular weight excluding hydrogens is 352 g/mol. The molecule has 0 spiro atoms. The van der Waals surface area contributed by atoms with Crippen molar-refractivity contribution in [1.82, 2.24) is 10.6 Å². The SMILES string of the molecule is CCCCC(NC(=O)CNC)C(=O)Nc1cccc(N2CCCC2)c1.Cl. The van der Waals surface area contributed by atoms with Crippen molar-refractivity contribution in [2.24, 2.45) is 0 Å². The van der Waals surface area contributed by atoms with Gasteiger partial charge in [0.2, 0.25) is 11.8 Å². The van der Waals surface area contributed by atoms with Crippen LogP contribution in [-0.4, -0.2) is 44.5 Å². The standard InChI is InChI=1S/C19H30N4O2.ClH/c1-3-4-10-17(22-18(24)14-20-2)19(25)21-15-8-7-9-16(13-15)23-11-5-6-12-23;/h7-9,13,17,20H,3-6,10-12,14H2,1-2H3,(H,21,25)(H,22,24);1H. The first-order valence-corrected chi connectivity index (χ1v) is 9.24. The molecule has 1 saturated heterocycles. The first-order chi connectivity index (χ1) is 12.1. The van der Waals surface area contributed by atoms with Gasteiger partial charge >= 0.3 is 0 Å². The van der Waals surface area contributed by atoms with Crippen molar-refractivity contribution in [3.8, 4) is 0 Å². The van der Waals surface area contributed by atoms with E-state index in [4.69, 9.17) is 0 Å². The fraction of sp³-hybridized carbons (Fsp3) is 0.579. The van der Waals surface area contributed by atoms with Gasteiger partial charge in [-0.1, -0.05) is 25.8 Å². The molecule has 7 heteroatoms. The Morgan fingerprint density at radius 1 is 1.23 bits per heavy atom.